The van der Waals surface area contributed by atoms with E-state index in [1.54, 1.807) is 6.07 Å². The number of carbonyl (C=O) groups is 3. The third kappa shape index (κ3) is 2.74. The van der Waals surface area contributed by atoms with Crippen molar-refractivity contribution in [2.45, 2.75) is 12.5 Å². The van der Waals surface area contributed by atoms with E-state index in [4.69, 9.17) is 11.5 Å². The highest BCUT2D eigenvalue weighted by molar-refractivity contribution is 6.30. The quantitative estimate of drug-likeness (QED) is 0.273. The molecule has 3 amide bonds. The zero-order valence-electron chi connectivity index (χ0n) is 12.0. The third-order valence-electron chi connectivity index (χ3n) is 3.00. The van der Waals surface area contributed by atoms with E-state index in [0.717, 1.165) is 7.11 Å². The predicted octanol–water partition coefficient (Wildman–Crippen LogP) is -0.750. The molecule has 0 aliphatic rings. The number of hydroxylamine groups is 2. The smallest absolute Gasteiger partial charge is 0.279 e. The summed E-state index contributed by atoms with van der Waals surface area (Å²) < 4.78 is 0. The molecule has 1 aromatic rings. The van der Waals surface area contributed by atoms with Crippen LogP contribution in [0, 0.1) is 0 Å². The van der Waals surface area contributed by atoms with E-state index >= 15 is 0 Å². The molecule has 0 heterocycles. The van der Waals surface area contributed by atoms with Crippen molar-refractivity contribution in [2.24, 2.45) is 16.6 Å². The van der Waals surface area contributed by atoms with Crippen LogP contribution in [-0.2, 0) is 14.4 Å². The van der Waals surface area contributed by atoms with Crippen LogP contribution in [-0.4, -0.2) is 46.4 Å². The lowest BCUT2D eigenvalue weighted by molar-refractivity contribution is -0.158. The zero-order valence-corrected chi connectivity index (χ0v) is 12.0. The Bertz CT molecular complexity index is 600. The van der Waals surface area contributed by atoms with Crippen molar-refractivity contribution < 1.29 is 24.4 Å². The minimum Gasteiger partial charge on any atom is -0.399 e. The SMILES string of the molecule is CO/N=C(\C)C(C(N)=O)(C(N)=O)N(O)C(=O)c1ccccc1. The van der Waals surface area contributed by atoms with Gasteiger partial charge >= 0.3 is 0 Å². The van der Waals surface area contributed by atoms with Crippen molar-refractivity contribution in [3.63, 3.8) is 0 Å². The summed E-state index contributed by atoms with van der Waals surface area (Å²) in [5, 5.41) is 13.4. The van der Waals surface area contributed by atoms with Crippen LogP contribution in [0.15, 0.2) is 35.5 Å². The number of primary amides is 2. The van der Waals surface area contributed by atoms with Crippen molar-refractivity contribution in [3.8, 4) is 0 Å². The van der Waals surface area contributed by atoms with Gasteiger partial charge < -0.3 is 16.3 Å². The average molecular weight is 308 g/mol. The van der Waals surface area contributed by atoms with Crippen molar-refractivity contribution >= 4 is 23.4 Å². The first-order chi connectivity index (χ1) is 10.3. The van der Waals surface area contributed by atoms with Gasteiger partial charge in [0.2, 0.25) is 0 Å². The number of nitrogens with zero attached hydrogens (tertiary/aromatic N) is 2. The Kier molecular flexibility index (Phi) is 5.19. The van der Waals surface area contributed by atoms with E-state index in [1.165, 1.54) is 31.2 Å². The molecule has 0 fully saturated rings. The highest BCUT2D eigenvalue weighted by atomic mass is 16.6. The van der Waals surface area contributed by atoms with Gasteiger partial charge in [-0.3, -0.25) is 19.6 Å². The molecule has 0 aliphatic carbocycles. The van der Waals surface area contributed by atoms with Crippen molar-refractivity contribution in [2.75, 3.05) is 7.11 Å². The number of nitrogens with two attached hydrogens (primary N) is 2. The van der Waals surface area contributed by atoms with Crippen LogP contribution in [0.2, 0.25) is 0 Å². The van der Waals surface area contributed by atoms with Crippen LogP contribution < -0.4 is 11.5 Å². The summed E-state index contributed by atoms with van der Waals surface area (Å²) in [5.41, 5.74) is 7.35. The molecule has 9 heteroatoms. The summed E-state index contributed by atoms with van der Waals surface area (Å²) in [5.74, 6) is -3.79. The van der Waals surface area contributed by atoms with Gasteiger partial charge in [-0.1, -0.05) is 23.4 Å². The Morgan fingerprint density at radius 1 is 1.18 bits per heavy atom. The minimum atomic E-state index is -2.66. The molecule has 0 aliphatic heterocycles. The summed E-state index contributed by atoms with van der Waals surface area (Å²) in [6.45, 7) is 1.17. The molecular weight excluding hydrogens is 292 g/mol. The van der Waals surface area contributed by atoms with Crippen LogP contribution in [0.4, 0.5) is 0 Å². The van der Waals surface area contributed by atoms with Crippen LogP contribution in [0.25, 0.3) is 0 Å². The number of rotatable bonds is 6. The van der Waals surface area contributed by atoms with Gasteiger partial charge in [-0.25, -0.2) is 0 Å². The molecule has 1 aromatic carbocycles. The Labute approximate surface area is 126 Å². The summed E-state index contributed by atoms with van der Waals surface area (Å²) in [4.78, 5) is 40.3. The van der Waals surface area contributed by atoms with E-state index in [9.17, 15) is 19.6 Å². The topological polar surface area (TPSA) is 148 Å². The Balaban J connectivity index is 3.45. The summed E-state index contributed by atoms with van der Waals surface area (Å²) >= 11 is 0. The monoisotopic (exact) mass is 308 g/mol. The van der Waals surface area contributed by atoms with Gasteiger partial charge in [0.15, 0.2) is 0 Å². The predicted molar refractivity (Wildman–Crippen MR) is 75.6 cm³/mol. The zero-order chi connectivity index (χ0) is 16.9. The third-order valence-corrected chi connectivity index (χ3v) is 3.00. The highest BCUT2D eigenvalue weighted by Gasteiger charge is 2.54. The second kappa shape index (κ2) is 6.68. The number of hydrogen-bond acceptors (Lipinski definition) is 6. The first-order valence-electron chi connectivity index (χ1n) is 6.06. The maximum atomic E-state index is 12.3. The molecule has 118 valence electrons. The molecule has 0 saturated heterocycles. The fraction of sp³-hybridized carbons (Fsp3) is 0.231. The molecular formula is C13H16N4O5. The van der Waals surface area contributed by atoms with E-state index in [1.807, 2.05) is 0 Å². The van der Waals surface area contributed by atoms with Crippen LogP contribution in [0.5, 0.6) is 0 Å². The van der Waals surface area contributed by atoms with E-state index in [-0.39, 0.29) is 16.3 Å². The van der Waals surface area contributed by atoms with Gasteiger partial charge in [-0.15, -0.1) is 0 Å². The van der Waals surface area contributed by atoms with Crippen molar-refractivity contribution in [3.05, 3.63) is 35.9 Å². The normalized spacial score (nSPS) is 11.7. The Morgan fingerprint density at radius 2 is 1.68 bits per heavy atom. The largest absolute Gasteiger partial charge is 0.399 e. The van der Waals surface area contributed by atoms with Gasteiger partial charge in [-0.05, 0) is 19.1 Å². The van der Waals surface area contributed by atoms with Gasteiger partial charge in [0.1, 0.15) is 12.8 Å². The second-order valence-corrected chi connectivity index (χ2v) is 4.28. The standard InChI is InChI=1S/C13H16N4O5/c1-8(16-22-2)13(11(14)19,12(15)20)17(21)10(18)9-6-4-3-5-7-9/h3-7,21H,1-2H3,(H2,14,19)(H2,15,20)/b16-8+. The van der Waals surface area contributed by atoms with Gasteiger partial charge in [-0.2, -0.15) is 5.06 Å². The summed E-state index contributed by atoms with van der Waals surface area (Å²) in [6.07, 6.45) is 0. The Morgan fingerprint density at radius 3 is 2.09 bits per heavy atom. The number of carbonyl (C=O) groups excluding carboxylic acids is 3. The van der Waals surface area contributed by atoms with Crippen molar-refractivity contribution in [1.82, 2.24) is 5.06 Å². The van der Waals surface area contributed by atoms with E-state index in [2.05, 4.69) is 9.99 Å². The maximum Gasteiger partial charge on any atom is 0.279 e. The summed E-state index contributed by atoms with van der Waals surface area (Å²) in [7, 11) is 1.15. The lowest BCUT2D eigenvalue weighted by atomic mass is 9.91. The average Bonchev–Trinajstić information content (AvgIpc) is 2.47. The number of oxime groups is 1. The first kappa shape index (κ1) is 17.1. The molecule has 9 nitrogen and oxygen atoms in total. The van der Waals surface area contributed by atoms with Gasteiger partial charge in [0.25, 0.3) is 23.3 Å². The van der Waals surface area contributed by atoms with Crippen molar-refractivity contribution in [1.29, 1.82) is 0 Å². The minimum absolute atomic E-state index is 0.0158. The molecule has 0 aromatic heterocycles. The summed E-state index contributed by atoms with van der Waals surface area (Å²) in [6, 6.07) is 7.47. The maximum absolute atomic E-state index is 12.3. The number of hydrogen-bond donors (Lipinski definition) is 3. The van der Waals surface area contributed by atoms with E-state index < -0.39 is 23.3 Å². The molecule has 22 heavy (non-hydrogen) atoms. The fourth-order valence-corrected chi connectivity index (χ4v) is 1.90. The molecule has 0 unspecified atom stereocenters. The molecule has 5 N–H and O–H groups in total. The molecule has 1 rings (SSSR count). The number of amides is 3. The second-order valence-electron chi connectivity index (χ2n) is 4.28. The molecule has 0 spiro atoms. The lowest BCUT2D eigenvalue weighted by Gasteiger charge is -2.33. The lowest BCUT2D eigenvalue weighted by Crippen LogP contribution is -2.69. The van der Waals surface area contributed by atoms with E-state index in [0.29, 0.717) is 0 Å². The highest BCUT2D eigenvalue weighted by Crippen LogP contribution is 2.19. The Hall–Kier alpha value is -2.94. The first-order valence-corrected chi connectivity index (χ1v) is 6.06. The molecule has 0 bridgehead atoms. The fourth-order valence-electron chi connectivity index (χ4n) is 1.90. The van der Waals surface area contributed by atoms with Gasteiger partial charge in [0, 0.05) is 5.56 Å². The molecule has 0 atom stereocenters. The van der Waals surface area contributed by atoms with Crippen LogP contribution >= 0.6 is 0 Å². The van der Waals surface area contributed by atoms with Gasteiger partial charge in [0.05, 0.1) is 0 Å². The molecule has 0 saturated carbocycles. The van der Waals surface area contributed by atoms with Crippen LogP contribution in [0.3, 0.4) is 0 Å². The van der Waals surface area contributed by atoms with Crippen LogP contribution in [0.1, 0.15) is 17.3 Å². The molecule has 0 radical (unpaired) electrons. The number of benzene rings is 1.